The molecule has 1 aliphatic heterocycles. The minimum atomic E-state index is -2.51. The number of ether oxygens (including phenoxy) is 2. The molecule has 0 aliphatic carbocycles. The van der Waals surface area contributed by atoms with Crippen LogP contribution < -0.4 is 10.3 Å². The van der Waals surface area contributed by atoms with Crippen LogP contribution in [0.5, 0.6) is 5.75 Å². The van der Waals surface area contributed by atoms with Crippen molar-refractivity contribution in [1.29, 1.82) is 0 Å². The fraction of sp³-hybridized carbons (Fsp3) is 0.400. The first-order valence-electron chi connectivity index (χ1n) is 11.6. The summed E-state index contributed by atoms with van der Waals surface area (Å²) in [6.07, 6.45) is -2.15. The molecular weight excluding hydrogens is 490 g/mol. The van der Waals surface area contributed by atoms with Gasteiger partial charge in [-0.1, -0.05) is 0 Å². The second kappa shape index (κ2) is 10.7. The highest BCUT2D eigenvalue weighted by Crippen LogP contribution is 2.35. The summed E-state index contributed by atoms with van der Waals surface area (Å²) in [5, 5.41) is 10.3. The molecule has 3 heterocycles. The van der Waals surface area contributed by atoms with Crippen LogP contribution in [0.15, 0.2) is 35.3 Å². The number of rotatable bonds is 7. The van der Waals surface area contributed by atoms with E-state index in [4.69, 9.17) is 4.74 Å². The van der Waals surface area contributed by atoms with Crippen molar-refractivity contribution in [2.24, 2.45) is 0 Å². The summed E-state index contributed by atoms with van der Waals surface area (Å²) in [6.45, 7) is 2.68. The Bertz CT molecular complexity index is 1390. The number of methoxy groups -OCH3 is 2. The fourth-order valence-corrected chi connectivity index (χ4v) is 4.95. The molecule has 2 N–H and O–H groups in total. The topological polar surface area (TPSA) is 117 Å². The number of nitrogens with one attached hydrogen (secondary N) is 1. The molecular formula is C25H28F2N4O6. The molecule has 37 heavy (non-hydrogen) atoms. The minimum absolute atomic E-state index is 0.157. The van der Waals surface area contributed by atoms with Gasteiger partial charge in [-0.2, -0.15) is 0 Å². The predicted octanol–water partition coefficient (Wildman–Crippen LogP) is 3.08. The van der Waals surface area contributed by atoms with Gasteiger partial charge < -0.3 is 19.6 Å². The largest absolute Gasteiger partial charge is 0.496 e. The van der Waals surface area contributed by atoms with Gasteiger partial charge >= 0.3 is 12.1 Å². The normalized spacial score (nSPS) is 16.9. The summed E-state index contributed by atoms with van der Waals surface area (Å²) in [7, 11) is 2.70. The number of esters is 1. The monoisotopic (exact) mass is 518 g/mol. The Labute approximate surface area is 211 Å². The van der Waals surface area contributed by atoms with E-state index in [1.54, 1.807) is 30.0 Å². The van der Waals surface area contributed by atoms with Crippen molar-refractivity contribution in [3.05, 3.63) is 63.2 Å². The lowest BCUT2D eigenvalue weighted by Gasteiger charge is -2.41. The van der Waals surface area contributed by atoms with Crippen LogP contribution in [0.3, 0.4) is 0 Å². The molecule has 4 rings (SSSR count). The van der Waals surface area contributed by atoms with Gasteiger partial charge in [-0.3, -0.25) is 19.2 Å². The predicted molar refractivity (Wildman–Crippen MR) is 131 cm³/mol. The van der Waals surface area contributed by atoms with E-state index < -0.39 is 36.6 Å². The number of fused-ring (bicyclic) bond motifs is 1. The fourth-order valence-electron chi connectivity index (χ4n) is 4.95. The van der Waals surface area contributed by atoms with Crippen LogP contribution in [0.2, 0.25) is 0 Å². The standard InChI is InChI=1S/C25H28F2N4O6/c1-14-10-20(36-2)17(15-6-7-31(22(14)15)25(34)35)11-30-9-8-29(13-21(26)27)12-19(30)18-5-4-16(23(32)28-18)24(33)37-3/h4-7,10,19,21H,8-9,11-13H2,1-3H3,(H,28,32)(H,34,35). The molecule has 1 atom stereocenters. The zero-order chi connectivity index (χ0) is 26.9. The zero-order valence-corrected chi connectivity index (χ0v) is 20.7. The number of alkyl halides is 2. The quantitative estimate of drug-likeness (QED) is 0.459. The molecule has 10 nitrogen and oxygen atoms in total. The van der Waals surface area contributed by atoms with Crippen molar-refractivity contribution >= 4 is 23.0 Å². The van der Waals surface area contributed by atoms with Crippen LogP contribution in [-0.2, 0) is 11.3 Å². The SMILES string of the molecule is COC(=O)c1ccc(C2CN(CC(F)F)CCN2Cc2c(OC)cc(C)c3c2ccn3C(=O)O)[nH]c1=O. The molecule has 0 bridgehead atoms. The van der Waals surface area contributed by atoms with E-state index in [1.165, 1.54) is 26.5 Å². The smallest absolute Gasteiger partial charge is 0.416 e. The Balaban J connectivity index is 1.76. The second-order valence-electron chi connectivity index (χ2n) is 8.89. The lowest BCUT2D eigenvalue weighted by atomic mass is 10.0. The summed E-state index contributed by atoms with van der Waals surface area (Å²) in [5.41, 5.74) is 1.67. The van der Waals surface area contributed by atoms with Gasteiger partial charge in [0, 0.05) is 49.0 Å². The van der Waals surface area contributed by atoms with Crippen molar-refractivity contribution in [1.82, 2.24) is 19.4 Å². The van der Waals surface area contributed by atoms with Crippen LogP contribution >= 0.6 is 0 Å². The highest BCUT2D eigenvalue weighted by Gasteiger charge is 2.32. The molecule has 198 valence electrons. The number of carbonyl (C=O) groups excluding carboxylic acids is 1. The molecule has 1 fully saturated rings. The van der Waals surface area contributed by atoms with Crippen molar-refractivity contribution < 1.29 is 33.0 Å². The highest BCUT2D eigenvalue weighted by atomic mass is 19.3. The zero-order valence-electron chi connectivity index (χ0n) is 20.7. The summed E-state index contributed by atoms with van der Waals surface area (Å²) in [5.74, 6) is -0.209. The van der Waals surface area contributed by atoms with Gasteiger partial charge in [0.15, 0.2) is 0 Å². The first-order chi connectivity index (χ1) is 17.6. The molecule has 1 saturated heterocycles. The number of nitrogens with zero attached hydrogens (tertiary/aromatic N) is 3. The third-order valence-electron chi connectivity index (χ3n) is 6.69. The van der Waals surface area contributed by atoms with Crippen LogP contribution in [0.4, 0.5) is 13.6 Å². The summed E-state index contributed by atoms with van der Waals surface area (Å²) < 4.78 is 37.8. The molecule has 2 aromatic heterocycles. The Kier molecular flexibility index (Phi) is 7.60. The molecule has 0 radical (unpaired) electrons. The summed E-state index contributed by atoms with van der Waals surface area (Å²) in [6, 6.07) is 5.94. The van der Waals surface area contributed by atoms with Gasteiger partial charge in [-0.15, -0.1) is 0 Å². The molecule has 0 amide bonds. The maximum Gasteiger partial charge on any atom is 0.416 e. The van der Waals surface area contributed by atoms with Crippen LogP contribution in [0, 0.1) is 6.92 Å². The van der Waals surface area contributed by atoms with Crippen molar-refractivity contribution in [3.8, 4) is 5.75 Å². The van der Waals surface area contributed by atoms with Crippen LogP contribution in [0.25, 0.3) is 10.9 Å². The number of piperazine rings is 1. The Morgan fingerprint density at radius 1 is 1.22 bits per heavy atom. The number of aryl methyl sites for hydroxylation is 1. The number of hydrogen-bond acceptors (Lipinski definition) is 7. The third-order valence-corrected chi connectivity index (χ3v) is 6.69. The average Bonchev–Trinajstić information content (AvgIpc) is 3.32. The number of aromatic amines is 1. The number of pyridine rings is 1. The van der Waals surface area contributed by atoms with E-state index in [0.29, 0.717) is 42.0 Å². The number of benzene rings is 1. The van der Waals surface area contributed by atoms with Crippen molar-refractivity contribution in [3.63, 3.8) is 0 Å². The van der Waals surface area contributed by atoms with Crippen LogP contribution in [-0.4, -0.2) is 83.3 Å². The lowest BCUT2D eigenvalue weighted by Crippen LogP contribution is -2.49. The number of H-pyrrole nitrogens is 1. The van der Waals surface area contributed by atoms with Gasteiger partial charge in [0.2, 0.25) is 0 Å². The second-order valence-corrected chi connectivity index (χ2v) is 8.89. The Hall–Kier alpha value is -3.77. The van der Waals surface area contributed by atoms with Gasteiger partial charge in [0.1, 0.15) is 11.3 Å². The summed E-state index contributed by atoms with van der Waals surface area (Å²) in [4.78, 5) is 42.6. The number of aromatic nitrogens is 2. The summed E-state index contributed by atoms with van der Waals surface area (Å²) >= 11 is 0. The van der Waals surface area contributed by atoms with Crippen LogP contribution in [0.1, 0.15) is 33.2 Å². The Morgan fingerprint density at radius 2 is 1.97 bits per heavy atom. The number of carboxylic acid groups (broad SMARTS) is 1. The lowest BCUT2D eigenvalue weighted by molar-refractivity contribution is 0.0232. The number of halogens is 2. The third kappa shape index (κ3) is 5.20. The Morgan fingerprint density at radius 3 is 2.59 bits per heavy atom. The van der Waals surface area contributed by atoms with Gasteiger partial charge in [-0.05, 0) is 36.8 Å². The van der Waals surface area contributed by atoms with E-state index >= 15 is 0 Å². The van der Waals surface area contributed by atoms with Crippen molar-refractivity contribution in [2.45, 2.75) is 25.9 Å². The molecule has 1 unspecified atom stereocenters. The molecule has 1 aliphatic rings. The van der Waals surface area contributed by atoms with Crippen molar-refractivity contribution in [2.75, 3.05) is 40.4 Å². The van der Waals surface area contributed by atoms with E-state index in [-0.39, 0.29) is 12.1 Å². The molecule has 1 aromatic carbocycles. The van der Waals surface area contributed by atoms with E-state index in [0.717, 1.165) is 15.7 Å². The first kappa shape index (κ1) is 26.3. The average molecular weight is 519 g/mol. The molecule has 3 aromatic rings. The van der Waals surface area contributed by atoms with Gasteiger partial charge in [0.05, 0.1) is 32.3 Å². The number of hydrogen-bond donors (Lipinski definition) is 2. The minimum Gasteiger partial charge on any atom is -0.496 e. The first-order valence-corrected chi connectivity index (χ1v) is 11.6. The molecule has 0 spiro atoms. The van der Waals surface area contributed by atoms with E-state index in [1.807, 2.05) is 4.90 Å². The molecule has 0 saturated carbocycles. The maximum absolute atomic E-state index is 13.2. The number of carbonyl (C=O) groups is 2. The van der Waals surface area contributed by atoms with E-state index in [9.17, 15) is 28.3 Å². The van der Waals surface area contributed by atoms with E-state index in [2.05, 4.69) is 9.72 Å². The van der Waals surface area contributed by atoms with Gasteiger partial charge in [-0.25, -0.2) is 18.4 Å². The highest BCUT2D eigenvalue weighted by molar-refractivity contribution is 5.94. The molecule has 12 heteroatoms. The maximum atomic E-state index is 13.2. The van der Waals surface area contributed by atoms with Gasteiger partial charge in [0.25, 0.3) is 12.0 Å².